The van der Waals surface area contributed by atoms with Crippen molar-refractivity contribution in [3.05, 3.63) is 0 Å². The molecule has 7 nitrogen and oxygen atoms in total. The second-order valence-electron chi connectivity index (χ2n) is 5.06. The lowest BCUT2D eigenvalue weighted by Gasteiger charge is -2.41. The van der Waals surface area contributed by atoms with E-state index in [9.17, 15) is 18.0 Å². The van der Waals surface area contributed by atoms with Gasteiger partial charge in [0.05, 0.1) is 6.54 Å². The Bertz CT molecular complexity index is 470. The van der Waals surface area contributed by atoms with Crippen LogP contribution in [0.2, 0.25) is 0 Å². The van der Waals surface area contributed by atoms with Crippen molar-refractivity contribution in [1.29, 1.82) is 0 Å². The molecular formula is C10H19N3O4S. The number of nitrogens with zero attached hydrogens (tertiary/aromatic N) is 2. The summed E-state index contributed by atoms with van der Waals surface area (Å²) in [5, 5.41) is 2.14. The summed E-state index contributed by atoms with van der Waals surface area (Å²) in [7, 11) is -2.43. The third kappa shape index (κ3) is 2.40. The van der Waals surface area contributed by atoms with Gasteiger partial charge in [-0.15, -0.1) is 0 Å². The van der Waals surface area contributed by atoms with E-state index >= 15 is 0 Å². The summed E-state index contributed by atoms with van der Waals surface area (Å²) in [6.07, 6.45) is 0. The number of carbonyl (C=O) groups is 2. The first kappa shape index (κ1) is 15.1. The van der Waals surface area contributed by atoms with Crippen molar-refractivity contribution in [2.75, 3.05) is 13.6 Å². The Morgan fingerprint density at radius 2 is 1.83 bits per heavy atom. The lowest BCUT2D eigenvalue weighted by Crippen LogP contribution is -2.67. The number of nitrogens with one attached hydrogen (secondary N) is 1. The van der Waals surface area contributed by atoms with Crippen LogP contribution in [0.25, 0.3) is 0 Å². The molecule has 0 aromatic rings. The van der Waals surface area contributed by atoms with Crippen LogP contribution in [0.5, 0.6) is 0 Å². The van der Waals surface area contributed by atoms with Gasteiger partial charge in [-0.05, 0) is 27.7 Å². The second-order valence-corrected chi connectivity index (χ2v) is 6.97. The summed E-state index contributed by atoms with van der Waals surface area (Å²) in [4.78, 5) is 23.1. The van der Waals surface area contributed by atoms with Crippen molar-refractivity contribution < 1.29 is 18.0 Å². The second kappa shape index (κ2) is 4.60. The molecule has 1 fully saturated rings. The van der Waals surface area contributed by atoms with Gasteiger partial charge in [-0.3, -0.25) is 14.9 Å². The average Bonchev–Trinajstić information content (AvgIpc) is 2.22. The smallest absolute Gasteiger partial charge is 0.283 e. The van der Waals surface area contributed by atoms with Crippen LogP contribution < -0.4 is 5.32 Å². The molecule has 1 saturated heterocycles. The highest BCUT2D eigenvalue weighted by molar-refractivity contribution is 7.86. The summed E-state index contributed by atoms with van der Waals surface area (Å²) in [6, 6.07) is -0.258. The molecule has 0 atom stereocenters. The standard InChI is InChI=1S/C10H19N3O4S/c1-7(2)12(5)18(16,17)13-6-8(14)11-9(15)10(13,3)4/h7H,6H2,1-5H3,(H,11,14,15). The molecule has 0 bridgehead atoms. The van der Waals surface area contributed by atoms with Crippen LogP contribution in [0.3, 0.4) is 0 Å². The highest BCUT2D eigenvalue weighted by Gasteiger charge is 2.48. The maximum atomic E-state index is 12.4. The van der Waals surface area contributed by atoms with Crippen LogP contribution >= 0.6 is 0 Å². The van der Waals surface area contributed by atoms with E-state index in [1.165, 1.54) is 20.9 Å². The largest absolute Gasteiger partial charge is 0.294 e. The van der Waals surface area contributed by atoms with Crippen LogP contribution in [0.15, 0.2) is 0 Å². The van der Waals surface area contributed by atoms with Gasteiger partial charge in [0.25, 0.3) is 10.2 Å². The molecule has 0 aromatic carbocycles. The molecular weight excluding hydrogens is 258 g/mol. The minimum absolute atomic E-state index is 0.258. The zero-order valence-corrected chi connectivity index (χ0v) is 12.0. The van der Waals surface area contributed by atoms with E-state index in [1.807, 2.05) is 0 Å². The summed E-state index contributed by atoms with van der Waals surface area (Å²) in [6.45, 7) is 6.03. The molecule has 0 aromatic heterocycles. The van der Waals surface area contributed by atoms with E-state index in [4.69, 9.17) is 0 Å². The zero-order valence-electron chi connectivity index (χ0n) is 11.2. The van der Waals surface area contributed by atoms with Crippen LogP contribution in [0, 0.1) is 0 Å². The fourth-order valence-corrected chi connectivity index (χ4v) is 3.34. The van der Waals surface area contributed by atoms with Gasteiger partial charge in [-0.2, -0.15) is 17.0 Å². The lowest BCUT2D eigenvalue weighted by molar-refractivity contribution is -0.141. The SMILES string of the molecule is CC(C)N(C)S(=O)(=O)N1CC(=O)NC(=O)C1(C)C. The predicted octanol–water partition coefficient (Wildman–Crippen LogP) is -0.692. The summed E-state index contributed by atoms with van der Waals surface area (Å²) in [5.74, 6) is -1.22. The number of hydrogen-bond acceptors (Lipinski definition) is 4. The first-order valence-corrected chi connectivity index (χ1v) is 7.01. The number of amides is 2. The van der Waals surface area contributed by atoms with E-state index < -0.39 is 27.6 Å². The van der Waals surface area contributed by atoms with Crippen molar-refractivity contribution in [3.63, 3.8) is 0 Å². The molecule has 2 amide bonds. The quantitative estimate of drug-likeness (QED) is 0.692. The van der Waals surface area contributed by atoms with E-state index in [2.05, 4.69) is 5.32 Å². The topological polar surface area (TPSA) is 86.8 Å². The van der Waals surface area contributed by atoms with Gasteiger partial charge in [0.15, 0.2) is 0 Å². The number of hydrogen-bond donors (Lipinski definition) is 1. The molecule has 1 heterocycles. The summed E-state index contributed by atoms with van der Waals surface area (Å²) < 4.78 is 26.8. The van der Waals surface area contributed by atoms with Crippen LogP contribution in [-0.4, -0.2) is 54.0 Å². The molecule has 0 aliphatic carbocycles. The summed E-state index contributed by atoms with van der Waals surface area (Å²) >= 11 is 0. The van der Waals surface area contributed by atoms with Gasteiger partial charge in [-0.1, -0.05) is 0 Å². The van der Waals surface area contributed by atoms with E-state index in [0.717, 1.165) is 8.61 Å². The fourth-order valence-electron chi connectivity index (χ4n) is 1.55. The molecule has 104 valence electrons. The van der Waals surface area contributed by atoms with Gasteiger partial charge >= 0.3 is 0 Å². The van der Waals surface area contributed by atoms with Crippen molar-refractivity contribution in [2.45, 2.75) is 39.3 Å². The molecule has 1 rings (SSSR count). The number of piperazine rings is 1. The van der Waals surface area contributed by atoms with E-state index in [-0.39, 0.29) is 12.6 Å². The summed E-state index contributed by atoms with van der Waals surface area (Å²) in [5.41, 5.74) is -1.28. The van der Waals surface area contributed by atoms with Crippen LogP contribution in [0.4, 0.5) is 0 Å². The molecule has 1 aliphatic rings. The molecule has 0 radical (unpaired) electrons. The van der Waals surface area contributed by atoms with Gasteiger partial charge in [0, 0.05) is 13.1 Å². The molecule has 0 spiro atoms. The Morgan fingerprint density at radius 1 is 1.33 bits per heavy atom. The lowest BCUT2D eigenvalue weighted by atomic mass is 10.0. The maximum absolute atomic E-state index is 12.4. The zero-order chi connectivity index (χ0) is 14.3. The molecule has 1 aliphatic heterocycles. The molecule has 0 saturated carbocycles. The Kier molecular flexibility index (Phi) is 3.85. The number of imide groups is 1. The Balaban J connectivity index is 3.21. The average molecular weight is 277 g/mol. The minimum Gasteiger partial charge on any atom is -0.294 e. The molecule has 8 heteroatoms. The van der Waals surface area contributed by atoms with Gasteiger partial charge in [-0.25, -0.2) is 0 Å². The van der Waals surface area contributed by atoms with Gasteiger partial charge in [0.1, 0.15) is 5.54 Å². The number of rotatable bonds is 3. The monoisotopic (exact) mass is 277 g/mol. The Labute approximate surface area is 107 Å². The first-order valence-electron chi connectivity index (χ1n) is 5.61. The van der Waals surface area contributed by atoms with Crippen LogP contribution in [-0.2, 0) is 19.8 Å². The highest BCUT2D eigenvalue weighted by Crippen LogP contribution is 2.24. The van der Waals surface area contributed by atoms with Crippen molar-refractivity contribution in [3.8, 4) is 0 Å². The molecule has 18 heavy (non-hydrogen) atoms. The van der Waals surface area contributed by atoms with Crippen molar-refractivity contribution in [2.24, 2.45) is 0 Å². The normalized spacial score (nSPS) is 21.5. The Morgan fingerprint density at radius 3 is 2.28 bits per heavy atom. The molecule has 0 unspecified atom stereocenters. The predicted molar refractivity (Wildman–Crippen MR) is 65.8 cm³/mol. The highest BCUT2D eigenvalue weighted by atomic mass is 32.2. The first-order chi connectivity index (χ1) is 8.01. The van der Waals surface area contributed by atoms with Gasteiger partial charge < -0.3 is 0 Å². The fraction of sp³-hybridized carbons (Fsp3) is 0.800. The number of carbonyl (C=O) groups excluding carboxylic acids is 2. The molecule has 1 N–H and O–H groups in total. The third-order valence-electron chi connectivity index (χ3n) is 3.09. The van der Waals surface area contributed by atoms with Crippen molar-refractivity contribution in [1.82, 2.24) is 13.9 Å². The van der Waals surface area contributed by atoms with E-state index in [1.54, 1.807) is 13.8 Å². The Hall–Kier alpha value is -0.990. The maximum Gasteiger partial charge on any atom is 0.283 e. The third-order valence-corrected chi connectivity index (χ3v) is 5.38. The minimum atomic E-state index is -3.85. The van der Waals surface area contributed by atoms with Crippen molar-refractivity contribution >= 4 is 22.0 Å². The van der Waals surface area contributed by atoms with Crippen LogP contribution in [0.1, 0.15) is 27.7 Å². The van der Waals surface area contributed by atoms with Gasteiger partial charge in [0.2, 0.25) is 11.8 Å². The van der Waals surface area contributed by atoms with E-state index in [0.29, 0.717) is 0 Å².